The van der Waals surface area contributed by atoms with Gasteiger partial charge in [-0.05, 0) is 25.1 Å². The fourth-order valence-electron chi connectivity index (χ4n) is 2.65. The number of para-hydroxylation sites is 2. The third kappa shape index (κ3) is 3.52. The van der Waals surface area contributed by atoms with Crippen LogP contribution in [0.1, 0.15) is 21.7 Å². The van der Waals surface area contributed by atoms with Gasteiger partial charge in [0, 0.05) is 11.6 Å². The minimum Gasteiger partial charge on any atom is -0.507 e. The number of nitriles is 1. The number of esters is 1. The zero-order valence-corrected chi connectivity index (χ0v) is 14.7. The standard InChI is InChI=1S/C19H14N4O5/c1-11-12(5-4-8-16(11)23(26)27)19(25)28-10-17(24)13(9-20)18-21-14-6-2-3-7-15(14)22-18/h2-8,24H,10H2,1H3,(H,21,22). The average Bonchev–Trinajstić information content (AvgIpc) is 3.10. The number of hydrogen-bond acceptors (Lipinski definition) is 7. The van der Waals surface area contributed by atoms with Crippen LogP contribution >= 0.6 is 0 Å². The van der Waals surface area contributed by atoms with E-state index in [1.807, 2.05) is 6.07 Å². The Balaban J connectivity index is 1.82. The number of aromatic nitrogens is 2. The molecular weight excluding hydrogens is 364 g/mol. The average molecular weight is 378 g/mol. The molecule has 0 aliphatic rings. The second kappa shape index (κ2) is 7.59. The normalized spacial score (nSPS) is 11.6. The van der Waals surface area contributed by atoms with E-state index in [4.69, 9.17) is 4.74 Å². The SMILES string of the molecule is Cc1c(C(=O)OCC(O)=C(C#N)c2nc3ccccc3[nH]2)cccc1[N+](=O)[O-]. The van der Waals surface area contributed by atoms with Gasteiger partial charge in [0.15, 0.2) is 11.6 Å². The Bertz CT molecular complexity index is 1120. The molecule has 140 valence electrons. The van der Waals surface area contributed by atoms with Crippen molar-refractivity contribution in [2.45, 2.75) is 6.92 Å². The summed E-state index contributed by atoms with van der Waals surface area (Å²) in [5.41, 5.74) is 1.07. The number of nitrogens with zero attached hydrogens (tertiary/aromatic N) is 3. The van der Waals surface area contributed by atoms with Crippen LogP contribution in [0.2, 0.25) is 0 Å². The molecule has 0 fully saturated rings. The van der Waals surface area contributed by atoms with Crippen molar-refractivity contribution in [2.75, 3.05) is 6.61 Å². The molecule has 3 aromatic rings. The van der Waals surface area contributed by atoms with Gasteiger partial charge in [-0.3, -0.25) is 10.1 Å². The molecule has 0 spiro atoms. The highest BCUT2D eigenvalue weighted by atomic mass is 16.6. The summed E-state index contributed by atoms with van der Waals surface area (Å²) in [5.74, 6) is -1.20. The number of ether oxygens (including phenoxy) is 1. The quantitative estimate of drug-likeness (QED) is 0.228. The number of allylic oxidation sites excluding steroid dienone is 1. The first kappa shape index (κ1) is 18.6. The summed E-state index contributed by atoms with van der Waals surface area (Å²) in [5, 5.41) is 30.5. The van der Waals surface area contributed by atoms with Crippen molar-refractivity contribution < 1.29 is 19.6 Å². The molecule has 0 atom stereocenters. The van der Waals surface area contributed by atoms with Crippen LogP contribution in [0.4, 0.5) is 5.69 Å². The van der Waals surface area contributed by atoms with E-state index in [1.165, 1.54) is 25.1 Å². The van der Waals surface area contributed by atoms with Crippen LogP contribution in [0.15, 0.2) is 48.2 Å². The summed E-state index contributed by atoms with van der Waals surface area (Å²) in [6.07, 6.45) is 0. The number of carbonyl (C=O) groups excluding carboxylic acids is 1. The summed E-state index contributed by atoms with van der Waals surface area (Å²) in [4.78, 5) is 29.8. The van der Waals surface area contributed by atoms with Gasteiger partial charge >= 0.3 is 5.97 Å². The molecule has 0 saturated heterocycles. The van der Waals surface area contributed by atoms with E-state index in [-0.39, 0.29) is 28.2 Å². The Kier molecular flexibility index (Phi) is 5.04. The fourth-order valence-corrected chi connectivity index (χ4v) is 2.65. The highest BCUT2D eigenvalue weighted by molar-refractivity contribution is 5.92. The van der Waals surface area contributed by atoms with E-state index >= 15 is 0 Å². The van der Waals surface area contributed by atoms with Gasteiger partial charge in [0.25, 0.3) is 5.69 Å². The van der Waals surface area contributed by atoms with E-state index in [0.29, 0.717) is 11.0 Å². The molecule has 0 radical (unpaired) electrons. The van der Waals surface area contributed by atoms with Gasteiger partial charge in [0.1, 0.15) is 18.2 Å². The van der Waals surface area contributed by atoms with Gasteiger partial charge in [-0.15, -0.1) is 0 Å². The Morgan fingerprint density at radius 1 is 1.32 bits per heavy atom. The van der Waals surface area contributed by atoms with Crippen LogP contribution in [0, 0.1) is 28.4 Å². The third-order valence-electron chi connectivity index (χ3n) is 4.09. The summed E-state index contributed by atoms with van der Waals surface area (Å²) in [7, 11) is 0. The summed E-state index contributed by atoms with van der Waals surface area (Å²) >= 11 is 0. The molecule has 9 heteroatoms. The number of aliphatic hydroxyl groups is 1. The van der Waals surface area contributed by atoms with Gasteiger partial charge in [-0.2, -0.15) is 5.26 Å². The lowest BCUT2D eigenvalue weighted by Crippen LogP contribution is -2.11. The maximum atomic E-state index is 12.2. The molecule has 0 aliphatic heterocycles. The second-order valence-electron chi connectivity index (χ2n) is 5.82. The van der Waals surface area contributed by atoms with Crippen LogP contribution in [0.3, 0.4) is 0 Å². The molecule has 0 saturated carbocycles. The number of aromatic amines is 1. The number of fused-ring (bicyclic) bond motifs is 1. The highest BCUT2D eigenvalue weighted by Crippen LogP contribution is 2.23. The summed E-state index contributed by atoms with van der Waals surface area (Å²) in [6, 6.07) is 12.9. The molecule has 0 bridgehead atoms. The molecule has 1 heterocycles. The number of H-pyrrole nitrogens is 1. The van der Waals surface area contributed by atoms with E-state index in [0.717, 1.165) is 0 Å². The van der Waals surface area contributed by atoms with Gasteiger partial charge in [-0.1, -0.05) is 18.2 Å². The molecule has 1 aromatic heterocycles. The maximum Gasteiger partial charge on any atom is 0.339 e. The zero-order valence-electron chi connectivity index (χ0n) is 14.7. The number of nitro benzene ring substituents is 1. The van der Waals surface area contributed by atoms with E-state index in [9.17, 15) is 25.3 Å². The number of imidazole rings is 1. The van der Waals surface area contributed by atoms with E-state index < -0.39 is 23.3 Å². The highest BCUT2D eigenvalue weighted by Gasteiger charge is 2.20. The van der Waals surface area contributed by atoms with Crippen molar-refractivity contribution in [3.8, 4) is 6.07 Å². The molecule has 9 nitrogen and oxygen atoms in total. The number of nitrogens with one attached hydrogen (secondary N) is 1. The van der Waals surface area contributed by atoms with Gasteiger partial charge < -0.3 is 14.8 Å². The lowest BCUT2D eigenvalue weighted by Gasteiger charge is -2.08. The van der Waals surface area contributed by atoms with Crippen molar-refractivity contribution in [1.82, 2.24) is 9.97 Å². The Labute approximate surface area is 158 Å². The summed E-state index contributed by atoms with van der Waals surface area (Å²) < 4.78 is 5.02. The van der Waals surface area contributed by atoms with Gasteiger partial charge in [0.2, 0.25) is 0 Å². The van der Waals surface area contributed by atoms with Crippen molar-refractivity contribution in [2.24, 2.45) is 0 Å². The van der Waals surface area contributed by atoms with Crippen LogP contribution in [-0.2, 0) is 4.74 Å². The van der Waals surface area contributed by atoms with Gasteiger partial charge in [0.05, 0.1) is 21.5 Å². The van der Waals surface area contributed by atoms with Crippen molar-refractivity contribution in [1.29, 1.82) is 5.26 Å². The molecule has 2 N–H and O–H groups in total. The van der Waals surface area contributed by atoms with Crippen LogP contribution in [0.5, 0.6) is 0 Å². The molecule has 0 amide bonds. The first-order valence-corrected chi connectivity index (χ1v) is 8.11. The Morgan fingerprint density at radius 2 is 2.07 bits per heavy atom. The van der Waals surface area contributed by atoms with Crippen molar-refractivity contribution in [3.05, 3.63) is 75.3 Å². The first-order chi connectivity index (χ1) is 13.4. The molecule has 28 heavy (non-hydrogen) atoms. The zero-order chi connectivity index (χ0) is 20.3. The van der Waals surface area contributed by atoms with Gasteiger partial charge in [-0.25, -0.2) is 9.78 Å². The molecular formula is C19H14N4O5. The van der Waals surface area contributed by atoms with E-state index in [1.54, 1.807) is 24.3 Å². The molecule has 0 unspecified atom stereocenters. The number of rotatable bonds is 5. The van der Waals surface area contributed by atoms with Crippen LogP contribution in [0.25, 0.3) is 16.6 Å². The first-order valence-electron chi connectivity index (χ1n) is 8.11. The monoisotopic (exact) mass is 378 g/mol. The Morgan fingerprint density at radius 3 is 2.75 bits per heavy atom. The predicted octanol–water partition coefficient (Wildman–Crippen LogP) is 3.43. The third-order valence-corrected chi connectivity index (χ3v) is 4.09. The number of aliphatic hydroxyl groups excluding tert-OH is 1. The van der Waals surface area contributed by atoms with Crippen LogP contribution < -0.4 is 0 Å². The fraction of sp³-hybridized carbons (Fsp3) is 0.105. The largest absolute Gasteiger partial charge is 0.507 e. The maximum absolute atomic E-state index is 12.2. The lowest BCUT2D eigenvalue weighted by molar-refractivity contribution is -0.385. The lowest BCUT2D eigenvalue weighted by atomic mass is 10.1. The number of nitro groups is 1. The number of hydrogen-bond donors (Lipinski definition) is 2. The van der Waals surface area contributed by atoms with Crippen molar-refractivity contribution >= 4 is 28.3 Å². The Hall–Kier alpha value is -4.19. The number of carbonyl (C=O) groups is 1. The smallest absolute Gasteiger partial charge is 0.339 e. The predicted molar refractivity (Wildman–Crippen MR) is 99.4 cm³/mol. The summed E-state index contributed by atoms with van der Waals surface area (Å²) in [6.45, 7) is 0.848. The van der Waals surface area contributed by atoms with E-state index in [2.05, 4.69) is 9.97 Å². The molecule has 3 rings (SSSR count). The topological polar surface area (TPSA) is 142 Å². The minimum absolute atomic E-state index is 0.00393. The van der Waals surface area contributed by atoms with Crippen LogP contribution in [-0.4, -0.2) is 32.6 Å². The molecule has 0 aliphatic carbocycles. The molecule has 2 aromatic carbocycles. The number of benzene rings is 2. The second-order valence-corrected chi connectivity index (χ2v) is 5.82. The van der Waals surface area contributed by atoms with Crippen molar-refractivity contribution in [3.63, 3.8) is 0 Å². The minimum atomic E-state index is -0.852.